The molecule has 0 aliphatic carbocycles. The Morgan fingerprint density at radius 3 is 2.72 bits per heavy atom. The molecule has 6 heteroatoms. The lowest BCUT2D eigenvalue weighted by atomic mass is 10.0. The molecule has 3 aromatic rings. The number of nitrogen functional groups attached to an aromatic ring is 2. The van der Waals surface area contributed by atoms with Crippen LogP contribution in [0.2, 0.25) is 5.02 Å². The van der Waals surface area contributed by atoms with Gasteiger partial charge in [0.05, 0.1) is 10.5 Å². The zero-order valence-corrected chi connectivity index (χ0v) is 10.1. The van der Waals surface area contributed by atoms with E-state index in [9.17, 15) is 0 Å². The van der Waals surface area contributed by atoms with Gasteiger partial charge in [0.2, 0.25) is 0 Å². The zero-order valence-electron chi connectivity index (χ0n) is 9.31. The van der Waals surface area contributed by atoms with Gasteiger partial charge < -0.3 is 11.5 Å². The summed E-state index contributed by atoms with van der Waals surface area (Å²) < 4.78 is 0. The first-order chi connectivity index (χ1) is 8.65. The number of hydrogen-bond donors (Lipinski definition) is 3. The summed E-state index contributed by atoms with van der Waals surface area (Å²) in [5.74, 6) is 0.889. The van der Waals surface area contributed by atoms with Gasteiger partial charge in [-0.2, -0.15) is 5.10 Å². The molecule has 5 nitrogen and oxygen atoms in total. The van der Waals surface area contributed by atoms with Crippen LogP contribution >= 0.6 is 11.6 Å². The van der Waals surface area contributed by atoms with Crippen LogP contribution in [-0.4, -0.2) is 15.2 Å². The third-order valence-electron chi connectivity index (χ3n) is 2.77. The quantitative estimate of drug-likeness (QED) is 0.626. The minimum absolute atomic E-state index is 0.427. The lowest BCUT2D eigenvalue weighted by Crippen LogP contribution is -1.90. The first-order valence-corrected chi connectivity index (χ1v) is 5.68. The highest BCUT2D eigenvalue weighted by atomic mass is 35.5. The number of benzene rings is 1. The minimum Gasteiger partial charge on any atom is -0.384 e. The van der Waals surface area contributed by atoms with Gasteiger partial charge in [0.15, 0.2) is 5.82 Å². The molecule has 0 saturated carbocycles. The summed E-state index contributed by atoms with van der Waals surface area (Å²) in [5.41, 5.74) is 14.1. The van der Waals surface area contributed by atoms with Crippen LogP contribution in [0, 0.1) is 0 Å². The van der Waals surface area contributed by atoms with Gasteiger partial charge in [-0.25, -0.2) is 4.98 Å². The van der Waals surface area contributed by atoms with E-state index in [0.29, 0.717) is 16.7 Å². The fourth-order valence-electron chi connectivity index (χ4n) is 1.89. The Hall–Kier alpha value is -2.27. The van der Waals surface area contributed by atoms with Gasteiger partial charge >= 0.3 is 0 Å². The average Bonchev–Trinajstić information content (AvgIpc) is 2.72. The van der Waals surface area contributed by atoms with E-state index < -0.39 is 0 Å². The molecule has 0 unspecified atom stereocenters. The van der Waals surface area contributed by atoms with E-state index in [1.807, 2.05) is 18.2 Å². The molecule has 0 radical (unpaired) electrons. The van der Waals surface area contributed by atoms with Crippen molar-refractivity contribution in [3.63, 3.8) is 0 Å². The summed E-state index contributed by atoms with van der Waals surface area (Å²) in [6.45, 7) is 0. The highest BCUT2D eigenvalue weighted by molar-refractivity contribution is 6.35. The van der Waals surface area contributed by atoms with E-state index in [-0.39, 0.29) is 0 Å². The molecule has 18 heavy (non-hydrogen) atoms. The number of nitrogens with zero attached hydrogens (tertiary/aromatic N) is 2. The minimum atomic E-state index is 0.427. The van der Waals surface area contributed by atoms with Crippen molar-refractivity contribution in [1.82, 2.24) is 15.2 Å². The van der Waals surface area contributed by atoms with Crippen LogP contribution in [0.1, 0.15) is 0 Å². The molecule has 0 atom stereocenters. The van der Waals surface area contributed by atoms with Crippen molar-refractivity contribution in [1.29, 1.82) is 0 Å². The molecule has 2 heterocycles. The second-order valence-corrected chi connectivity index (χ2v) is 4.37. The van der Waals surface area contributed by atoms with Crippen LogP contribution in [-0.2, 0) is 0 Å². The second kappa shape index (κ2) is 3.89. The highest BCUT2D eigenvalue weighted by Gasteiger charge is 2.09. The Morgan fingerprint density at radius 2 is 1.94 bits per heavy atom. The van der Waals surface area contributed by atoms with Crippen LogP contribution in [0.4, 0.5) is 11.6 Å². The Labute approximate surface area is 108 Å². The smallest absolute Gasteiger partial charge is 0.153 e. The van der Waals surface area contributed by atoms with Crippen molar-refractivity contribution < 1.29 is 0 Å². The molecule has 0 saturated heterocycles. The lowest BCUT2D eigenvalue weighted by Gasteiger charge is -2.04. The number of nitrogens with two attached hydrogens (primary N) is 2. The summed E-state index contributed by atoms with van der Waals surface area (Å²) in [6.07, 6.45) is 1.65. The summed E-state index contributed by atoms with van der Waals surface area (Å²) in [4.78, 5) is 3.96. The van der Waals surface area contributed by atoms with Gasteiger partial charge in [-0.3, -0.25) is 5.10 Å². The Balaban J connectivity index is 2.27. The topological polar surface area (TPSA) is 93.6 Å². The molecule has 0 amide bonds. The SMILES string of the molecule is Nc1cc(-c2cc(Cl)c3[nH]nc(N)c3c2)ccn1. The van der Waals surface area contributed by atoms with Crippen molar-refractivity contribution in [2.24, 2.45) is 0 Å². The number of rotatable bonds is 1. The number of hydrogen-bond acceptors (Lipinski definition) is 4. The van der Waals surface area contributed by atoms with Crippen molar-refractivity contribution in [3.05, 3.63) is 35.5 Å². The fraction of sp³-hybridized carbons (Fsp3) is 0. The largest absolute Gasteiger partial charge is 0.384 e. The molecular weight excluding hydrogens is 250 g/mol. The van der Waals surface area contributed by atoms with E-state index in [4.69, 9.17) is 23.1 Å². The molecule has 0 aliphatic rings. The third-order valence-corrected chi connectivity index (χ3v) is 3.07. The predicted octanol–water partition coefficient (Wildman–Crippen LogP) is 2.44. The lowest BCUT2D eigenvalue weighted by molar-refractivity contribution is 1.13. The predicted molar refractivity (Wildman–Crippen MR) is 73.2 cm³/mol. The number of nitrogens with one attached hydrogen (secondary N) is 1. The maximum atomic E-state index is 6.19. The van der Waals surface area contributed by atoms with E-state index in [2.05, 4.69) is 15.2 Å². The fourth-order valence-corrected chi connectivity index (χ4v) is 2.15. The molecular formula is C12H10ClN5. The summed E-state index contributed by atoms with van der Waals surface area (Å²) >= 11 is 6.19. The van der Waals surface area contributed by atoms with Crippen LogP contribution in [0.3, 0.4) is 0 Å². The number of aromatic amines is 1. The standard InChI is InChI=1S/C12H10ClN5/c13-9-4-7(6-1-2-16-10(14)5-6)3-8-11(9)17-18-12(8)15/h1-5H,(H2,14,16)(H3,15,17,18). The molecule has 2 aromatic heterocycles. The maximum Gasteiger partial charge on any atom is 0.153 e. The number of anilines is 2. The van der Waals surface area contributed by atoms with Gasteiger partial charge in [0, 0.05) is 11.6 Å². The number of aromatic nitrogens is 3. The molecule has 3 rings (SSSR count). The molecule has 0 bridgehead atoms. The molecule has 90 valence electrons. The maximum absolute atomic E-state index is 6.19. The van der Waals surface area contributed by atoms with Crippen molar-refractivity contribution >= 4 is 34.1 Å². The monoisotopic (exact) mass is 259 g/mol. The third kappa shape index (κ3) is 1.65. The molecule has 0 aliphatic heterocycles. The van der Waals surface area contributed by atoms with Crippen LogP contribution in [0.5, 0.6) is 0 Å². The second-order valence-electron chi connectivity index (χ2n) is 3.96. The van der Waals surface area contributed by atoms with E-state index in [1.165, 1.54) is 0 Å². The van der Waals surface area contributed by atoms with Gasteiger partial charge in [-0.05, 0) is 35.4 Å². The first-order valence-electron chi connectivity index (χ1n) is 5.30. The zero-order chi connectivity index (χ0) is 12.7. The van der Waals surface area contributed by atoms with Crippen LogP contribution in [0.15, 0.2) is 30.5 Å². The van der Waals surface area contributed by atoms with E-state index in [1.54, 1.807) is 12.3 Å². The summed E-state index contributed by atoms with van der Waals surface area (Å²) in [6, 6.07) is 7.42. The van der Waals surface area contributed by atoms with Crippen LogP contribution < -0.4 is 11.5 Å². The average molecular weight is 260 g/mol. The molecule has 0 fully saturated rings. The van der Waals surface area contributed by atoms with Gasteiger partial charge in [0.25, 0.3) is 0 Å². The summed E-state index contributed by atoms with van der Waals surface area (Å²) in [7, 11) is 0. The van der Waals surface area contributed by atoms with Crippen molar-refractivity contribution in [3.8, 4) is 11.1 Å². The van der Waals surface area contributed by atoms with Crippen LogP contribution in [0.25, 0.3) is 22.0 Å². The number of pyridine rings is 1. The number of fused-ring (bicyclic) bond motifs is 1. The van der Waals surface area contributed by atoms with Gasteiger partial charge in [-0.15, -0.1) is 0 Å². The Kier molecular flexibility index (Phi) is 2.34. The number of halogens is 1. The highest BCUT2D eigenvalue weighted by Crippen LogP contribution is 2.32. The molecule has 0 spiro atoms. The normalized spacial score (nSPS) is 10.9. The van der Waals surface area contributed by atoms with Gasteiger partial charge in [0.1, 0.15) is 5.82 Å². The van der Waals surface area contributed by atoms with Crippen molar-refractivity contribution in [2.75, 3.05) is 11.5 Å². The molecule has 1 aromatic carbocycles. The summed E-state index contributed by atoms with van der Waals surface area (Å²) in [5, 5.41) is 8.11. The number of H-pyrrole nitrogens is 1. The van der Waals surface area contributed by atoms with E-state index >= 15 is 0 Å². The van der Waals surface area contributed by atoms with Crippen molar-refractivity contribution in [2.45, 2.75) is 0 Å². The molecule has 5 N–H and O–H groups in total. The van der Waals surface area contributed by atoms with E-state index in [0.717, 1.165) is 22.0 Å². The Morgan fingerprint density at radius 1 is 1.11 bits per heavy atom. The first kappa shape index (κ1) is 10.9. The Bertz CT molecular complexity index is 734. The van der Waals surface area contributed by atoms with Gasteiger partial charge in [-0.1, -0.05) is 11.6 Å².